The van der Waals surface area contributed by atoms with Crippen molar-refractivity contribution < 1.29 is 9.59 Å². The van der Waals surface area contributed by atoms with Gasteiger partial charge in [-0.05, 0) is 68.4 Å². The average Bonchev–Trinajstić information content (AvgIpc) is 3.44. The third kappa shape index (κ3) is 3.52. The second kappa shape index (κ2) is 7.98. The van der Waals surface area contributed by atoms with E-state index < -0.39 is 0 Å². The van der Waals surface area contributed by atoms with Crippen LogP contribution in [0.15, 0.2) is 61.1 Å². The molecule has 3 aliphatic carbocycles. The predicted molar refractivity (Wildman–Crippen MR) is 132 cm³/mol. The minimum Gasteiger partial charge on any atom is -0.332 e. The molecule has 2 amide bonds. The van der Waals surface area contributed by atoms with Crippen LogP contribution in [0, 0.1) is 5.41 Å². The Morgan fingerprint density at radius 2 is 1.71 bits per heavy atom. The number of hydrogen-bond acceptors (Lipinski definition) is 3. The SMILES string of the molecule is O=C(Nc1ccc(Cl)cc1)NC12CCC(C(=O)CC3c4ccccc4-c4cncn43)(CC1)CC2. The molecule has 2 bridgehead atoms. The molecule has 1 atom stereocenters. The summed E-state index contributed by atoms with van der Waals surface area (Å²) < 4.78 is 2.15. The van der Waals surface area contributed by atoms with Gasteiger partial charge in [-0.3, -0.25) is 4.79 Å². The monoisotopic (exact) mass is 474 g/mol. The van der Waals surface area contributed by atoms with Crippen LogP contribution in [-0.4, -0.2) is 26.9 Å². The molecule has 6 nitrogen and oxygen atoms in total. The van der Waals surface area contributed by atoms with Crippen LogP contribution in [0.5, 0.6) is 0 Å². The maximum atomic E-state index is 13.7. The van der Waals surface area contributed by atoms with Crippen LogP contribution in [0.1, 0.15) is 56.6 Å². The molecule has 1 aliphatic heterocycles. The van der Waals surface area contributed by atoms with Gasteiger partial charge in [0.25, 0.3) is 0 Å². The van der Waals surface area contributed by atoms with Gasteiger partial charge in [0.1, 0.15) is 5.78 Å². The van der Waals surface area contributed by atoms with Crippen molar-refractivity contribution >= 4 is 29.1 Å². The van der Waals surface area contributed by atoms with E-state index in [2.05, 4.69) is 32.3 Å². The maximum absolute atomic E-state index is 13.7. The summed E-state index contributed by atoms with van der Waals surface area (Å²) >= 11 is 5.93. The first-order valence-electron chi connectivity index (χ1n) is 12.0. The first kappa shape index (κ1) is 21.4. The van der Waals surface area contributed by atoms with Gasteiger partial charge in [0.05, 0.1) is 24.3 Å². The lowest BCUT2D eigenvalue weighted by Gasteiger charge is -2.53. The molecule has 4 aliphatic rings. The van der Waals surface area contributed by atoms with Crippen LogP contribution < -0.4 is 10.6 Å². The van der Waals surface area contributed by atoms with E-state index >= 15 is 0 Å². The Kier molecular flexibility index (Phi) is 5.03. The number of benzene rings is 2. The van der Waals surface area contributed by atoms with Crippen molar-refractivity contribution in [1.82, 2.24) is 14.9 Å². The van der Waals surface area contributed by atoms with Gasteiger partial charge in [-0.2, -0.15) is 0 Å². The zero-order chi connectivity index (χ0) is 23.3. The number of rotatable bonds is 5. The summed E-state index contributed by atoms with van der Waals surface area (Å²) in [6, 6.07) is 15.2. The third-order valence-electron chi connectivity index (χ3n) is 8.29. The fourth-order valence-corrected chi connectivity index (χ4v) is 6.39. The predicted octanol–water partition coefficient (Wildman–Crippen LogP) is 5.98. The number of Topliss-reactive ketones (excluding diaryl/α,β-unsaturated/α-hetero) is 1. The Morgan fingerprint density at radius 1 is 1.00 bits per heavy atom. The molecule has 0 saturated heterocycles. The smallest absolute Gasteiger partial charge is 0.319 e. The number of halogens is 1. The molecule has 2 heterocycles. The van der Waals surface area contributed by atoms with Crippen LogP contribution in [0.4, 0.5) is 10.5 Å². The number of urea groups is 1. The molecule has 2 N–H and O–H groups in total. The van der Waals surface area contributed by atoms with Gasteiger partial charge < -0.3 is 15.2 Å². The molecule has 1 aromatic heterocycles. The molecule has 1 unspecified atom stereocenters. The third-order valence-corrected chi connectivity index (χ3v) is 8.55. The Morgan fingerprint density at radius 3 is 2.44 bits per heavy atom. The van der Waals surface area contributed by atoms with Crippen molar-refractivity contribution in [3.05, 3.63) is 71.6 Å². The Hall–Kier alpha value is -3.12. The highest BCUT2D eigenvalue weighted by Crippen LogP contribution is 2.54. The minimum absolute atomic E-state index is 0.0208. The van der Waals surface area contributed by atoms with Crippen molar-refractivity contribution in [3.63, 3.8) is 0 Å². The lowest BCUT2D eigenvalue weighted by Crippen LogP contribution is -2.59. The number of carbonyl (C=O) groups is 2. The molecular weight excluding hydrogens is 448 g/mol. The quantitative estimate of drug-likeness (QED) is 0.477. The highest BCUT2D eigenvalue weighted by atomic mass is 35.5. The van der Waals surface area contributed by atoms with Crippen molar-refractivity contribution in [1.29, 1.82) is 0 Å². The molecule has 7 heteroatoms. The fourth-order valence-electron chi connectivity index (χ4n) is 6.26. The summed E-state index contributed by atoms with van der Waals surface area (Å²) in [6.07, 6.45) is 9.24. The average molecular weight is 475 g/mol. The number of amides is 2. The highest BCUT2D eigenvalue weighted by Gasteiger charge is 2.53. The summed E-state index contributed by atoms with van der Waals surface area (Å²) in [4.78, 5) is 30.7. The van der Waals surface area contributed by atoms with Crippen molar-refractivity contribution in [2.45, 2.75) is 56.5 Å². The number of fused-ring (bicyclic) bond motifs is 6. The second-order valence-electron chi connectivity index (χ2n) is 10.1. The standard InChI is InChI=1S/C27H27ClN4O2/c28-18-5-7-19(8-6-18)30-25(34)31-27-12-9-26(10-13-27,11-14-27)24(33)15-22-20-3-1-2-4-21(20)23-16-29-17-32(22)23/h1-8,16-17,22H,9-15H2,(H2,30,31,34). The van der Waals surface area contributed by atoms with Gasteiger partial charge in [-0.1, -0.05) is 35.9 Å². The first-order chi connectivity index (χ1) is 16.5. The molecule has 3 fully saturated rings. The lowest BCUT2D eigenvalue weighted by molar-refractivity contribution is -0.136. The second-order valence-corrected chi connectivity index (χ2v) is 10.5. The van der Waals surface area contributed by atoms with Crippen LogP contribution >= 0.6 is 11.6 Å². The largest absolute Gasteiger partial charge is 0.332 e. The molecule has 7 rings (SSSR count). The van der Waals surface area contributed by atoms with Gasteiger partial charge in [-0.15, -0.1) is 0 Å². The molecule has 0 radical (unpaired) electrons. The Balaban J connectivity index is 1.12. The van der Waals surface area contributed by atoms with Crippen molar-refractivity contribution in [2.75, 3.05) is 5.32 Å². The van der Waals surface area contributed by atoms with Crippen LogP contribution in [-0.2, 0) is 4.79 Å². The van der Waals surface area contributed by atoms with E-state index in [1.807, 2.05) is 24.7 Å². The topological polar surface area (TPSA) is 76.0 Å². The number of ketones is 1. The molecule has 34 heavy (non-hydrogen) atoms. The number of carbonyl (C=O) groups excluding carboxylic acids is 2. The van der Waals surface area contributed by atoms with Gasteiger partial charge in [0, 0.05) is 33.6 Å². The number of aromatic nitrogens is 2. The summed E-state index contributed by atoms with van der Waals surface area (Å²) in [5.41, 5.74) is 3.70. The summed E-state index contributed by atoms with van der Waals surface area (Å²) in [5.74, 6) is 0.354. The van der Waals surface area contributed by atoms with Crippen molar-refractivity contribution in [3.8, 4) is 11.3 Å². The van der Waals surface area contributed by atoms with Gasteiger partial charge in [0.15, 0.2) is 0 Å². The van der Waals surface area contributed by atoms with Crippen molar-refractivity contribution in [2.24, 2.45) is 5.41 Å². The summed E-state index contributed by atoms with van der Waals surface area (Å²) in [5, 5.41) is 6.77. The number of imidazole rings is 1. The number of anilines is 1. The van der Waals surface area contributed by atoms with E-state index in [0.29, 0.717) is 22.9 Å². The van der Waals surface area contributed by atoms with E-state index in [1.165, 1.54) is 11.1 Å². The number of nitrogens with one attached hydrogen (secondary N) is 2. The fraction of sp³-hybridized carbons (Fsp3) is 0.370. The molecule has 0 spiro atoms. The molecule has 2 aromatic carbocycles. The Labute approximate surface area is 203 Å². The maximum Gasteiger partial charge on any atom is 0.319 e. The van der Waals surface area contributed by atoms with Gasteiger partial charge in [-0.25, -0.2) is 9.78 Å². The number of hydrogen-bond donors (Lipinski definition) is 2. The van der Waals surface area contributed by atoms with Crippen LogP contribution in [0.25, 0.3) is 11.3 Å². The zero-order valence-corrected chi connectivity index (χ0v) is 19.6. The van der Waals surface area contributed by atoms with Gasteiger partial charge >= 0.3 is 6.03 Å². The van der Waals surface area contributed by atoms with Crippen LogP contribution in [0.3, 0.4) is 0 Å². The summed E-state index contributed by atoms with van der Waals surface area (Å²) in [6.45, 7) is 0. The van der Waals surface area contributed by atoms with E-state index in [1.54, 1.807) is 24.3 Å². The van der Waals surface area contributed by atoms with E-state index in [4.69, 9.17) is 11.6 Å². The normalized spacial score (nSPS) is 26.6. The van der Waals surface area contributed by atoms with E-state index in [9.17, 15) is 9.59 Å². The highest BCUT2D eigenvalue weighted by molar-refractivity contribution is 6.30. The van der Waals surface area contributed by atoms with Crippen LogP contribution in [0.2, 0.25) is 5.02 Å². The molecular formula is C27H27ClN4O2. The molecule has 3 saturated carbocycles. The van der Waals surface area contributed by atoms with E-state index in [0.717, 1.165) is 44.2 Å². The Bertz CT molecular complexity index is 1240. The van der Waals surface area contributed by atoms with Gasteiger partial charge in [0.2, 0.25) is 0 Å². The lowest BCUT2D eigenvalue weighted by atomic mass is 9.55. The molecule has 174 valence electrons. The number of nitrogens with zero attached hydrogens (tertiary/aromatic N) is 2. The summed E-state index contributed by atoms with van der Waals surface area (Å²) in [7, 11) is 0. The van der Waals surface area contributed by atoms with E-state index in [-0.39, 0.29) is 23.0 Å². The first-order valence-corrected chi connectivity index (χ1v) is 12.3. The minimum atomic E-state index is -0.269. The zero-order valence-electron chi connectivity index (χ0n) is 18.9. The molecule has 3 aromatic rings.